The lowest BCUT2D eigenvalue weighted by Gasteiger charge is -2.08. The first kappa shape index (κ1) is 16.9. The molecular formula is C17H16BrN3O2. The number of carbonyl (C=O) groups excluding carboxylic acids is 2. The number of hydrogen-bond acceptors (Lipinski definition) is 3. The first-order valence-electron chi connectivity index (χ1n) is 6.93. The van der Waals surface area contributed by atoms with Crippen molar-refractivity contribution in [2.75, 3.05) is 5.32 Å². The van der Waals surface area contributed by atoms with Crippen molar-refractivity contribution < 1.29 is 9.59 Å². The topological polar surface area (TPSA) is 70.6 Å². The molecular weight excluding hydrogens is 358 g/mol. The molecule has 0 unspecified atom stereocenters. The van der Waals surface area contributed by atoms with Crippen LogP contribution in [0.3, 0.4) is 0 Å². The molecule has 0 fully saturated rings. The zero-order valence-corrected chi connectivity index (χ0v) is 14.3. The minimum Gasteiger partial charge on any atom is -0.317 e. The highest BCUT2D eigenvalue weighted by Gasteiger charge is 2.13. The van der Waals surface area contributed by atoms with Gasteiger partial charge in [0.05, 0.1) is 6.21 Å². The molecule has 0 spiro atoms. The Morgan fingerprint density at radius 3 is 2.61 bits per heavy atom. The van der Waals surface area contributed by atoms with Crippen LogP contribution >= 0.6 is 15.9 Å². The lowest BCUT2D eigenvalue weighted by molar-refractivity contribution is -0.136. The van der Waals surface area contributed by atoms with Crippen molar-refractivity contribution in [3.8, 4) is 0 Å². The van der Waals surface area contributed by atoms with Crippen molar-refractivity contribution >= 4 is 39.6 Å². The average Bonchev–Trinajstić information content (AvgIpc) is 2.51. The summed E-state index contributed by atoms with van der Waals surface area (Å²) < 4.78 is 0.903. The zero-order valence-electron chi connectivity index (χ0n) is 12.8. The molecule has 6 heteroatoms. The van der Waals surface area contributed by atoms with Crippen molar-refractivity contribution in [3.63, 3.8) is 0 Å². The average molecular weight is 374 g/mol. The third-order valence-corrected chi connectivity index (χ3v) is 3.57. The number of anilines is 1. The summed E-state index contributed by atoms with van der Waals surface area (Å²) in [5, 5.41) is 6.36. The fourth-order valence-electron chi connectivity index (χ4n) is 1.85. The predicted octanol–water partition coefficient (Wildman–Crippen LogP) is 3.15. The van der Waals surface area contributed by atoms with Crippen LogP contribution in [0.2, 0.25) is 0 Å². The molecule has 2 amide bonds. The minimum atomic E-state index is -0.822. The van der Waals surface area contributed by atoms with Gasteiger partial charge in [0, 0.05) is 10.2 Å². The highest BCUT2D eigenvalue weighted by Crippen LogP contribution is 2.16. The maximum absolute atomic E-state index is 11.9. The van der Waals surface area contributed by atoms with E-state index in [9.17, 15) is 9.59 Å². The monoisotopic (exact) mass is 373 g/mol. The molecule has 0 saturated heterocycles. The van der Waals surface area contributed by atoms with Crippen LogP contribution < -0.4 is 10.7 Å². The van der Waals surface area contributed by atoms with Gasteiger partial charge in [-0.2, -0.15) is 5.10 Å². The van der Waals surface area contributed by atoms with Crippen molar-refractivity contribution in [2.45, 2.75) is 13.8 Å². The quantitative estimate of drug-likeness (QED) is 0.492. The molecule has 5 nitrogen and oxygen atoms in total. The number of rotatable bonds is 3. The summed E-state index contributed by atoms with van der Waals surface area (Å²) in [6.45, 7) is 3.77. The second-order valence-corrected chi connectivity index (χ2v) is 5.94. The zero-order chi connectivity index (χ0) is 16.8. The van der Waals surface area contributed by atoms with Crippen molar-refractivity contribution in [1.29, 1.82) is 0 Å². The largest absolute Gasteiger partial charge is 0.329 e. The van der Waals surface area contributed by atoms with Gasteiger partial charge >= 0.3 is 11.8 Å². The summed E-state index contributed by atoms with van der Waals surface area (Å²) in [6.07, 6.45) is 1.47. The van der Waals surface area contributed by atoms with Crippen LogP contribution in [0.1, 0.15) is 16.7 Å². The number of nitrogens with one attached hydrogen (secondary N) is 2. The number of aryl methyl sites for hydroxylation is 2. The smallest absolute Gasteiger partial charge is 0.317 e. The predicted molar refractivity (Wildman–Crippen MR) is 94.4 cm³/mol. The highest BCUT2D eigenvalue weighted by molar-refractivity contribution is 9.10. The van der Waals surface area contributed by atoms with Crippen LogP contribution in [0.15, 0.2) is 52.0 Å². The lowest BCUT2D eigenvalue weighted by Crippen LogP contribution is -2.32. The number of carbonyl (C=O) groups is 2. The Morgan fingerprint density at radius 2 is 1.87 bits per heavy atom. The number of benzene rings is 2. The van der Waals surface area contributed by atoms with Gasteiger partial charge in [-0.05, 0) is 48.7 Å². The first-order valence-corrected chi connectivity index (χ1v) is 7.72. The molecule has 0 saturated carbocycles. The van der Waals surface area contributed by atoms with Gasteiger partial charge in [-0.25, -0.2) is 5.43 Å². The Hall–Kier alpha value is -2.47. The van der Waals surface area contributed by atoms with Crippen LogP contribution in [0.5, 0.6) is 0 Å². The molecule has 0 atom stereocenters. The molecule has 2 N–H and O–H groups in total. The summed E-state index contributed by atoms with van der Waals surface area (Å²) in [7, 11) is 0. The van der Waals surface area contributed by atoms with E-state index in [1.807, 2.05) is 56.3 Å². The van der Waals surface area contributed by atoms with Gasteiger partial charge < -0.3 is 5.32 Å². The molecule has 23 heavy (non-hydrogen) atoms. The third kappa shape index (κ3) is 5.03. The van der Waals surface area contributed by atoms with Crippen molar-refractivity contribution in [1.82, 2.24) is 5.43 Å². The number of halogens is 1. The van der Waals surface area contributed by atoms with E-state index in [0.29, 0.717) is 5.69 Å². The van der Waals surface area contributed by atoms with Gasteiger partial charge in [-0.15, -0.1) is 0 Å². The number of amides is 2. The highest BCUT2D eigenvalue weighted by atomic mass is 79.9. The Kier molecular flexibility index (Phi) is 5.65. The molecule has 0 heterocycles. The molecule has 118 valence electrons. The first-order chi connectivity index (χ1) is 11.0. The van der Waals surface area contributed by atoms with E-state index in [1.165, 1.54) is 6.21 Å². The van der Waals surface area contributed by atoms with E-state index < -0.39 is 11.8 Å². The van der Waals surface area contributed by atoms with Crippen LogP contribution in [0, 0.1) is 13.8 Å². The molecule has 0 aliphatic heterocycles. The van der Waals surface area contributed by atoms with E-state index in [-0.39, 0.29) is 0 Å². The molecule has 0 aliphatic rings. The standard InChI is InChI=1S/C17H16BrN3O2/c1-11-6-7-12(2)15(8-11)20-16(22)17(23)21-19-10-13-4-3-5-14(18)9-13/h3-10H,1-2H3,(H,20,22)(H,21,23)/b19-10+. The number of hydrogen-bond donors (Lipinski definition) is 2. The Labute approximate surface area is 142 Å². The second kappa shape index (κ2) is 7.69. The maximum Gasteiger partial charge on any atom is 0.329 e. The molecule has 0 aliphatic carbocycles. The van der Waals surface area contributed by atoms with Gasteiger partial charge in [0.2, 0.25) is 0 Å². The van der Waals surface area contributed by atoms with E-state index >= 15 is 0 Å². The van der Waals surface area contributed by atoms with Gasteiger partial charge in [0.15, 0.2) is 0 Å². The van der Waals surface area contributed by atoms with Gasteiger partial charge in [0.25, 0.3) is 0 Å². The normalized spacial score (nSPS) is 10.6. The van der Waals surface area contributed by atoms with Crippen molar-refractivity contribution in [3.05, 3.63) is 63.6 Å². The lowest BCUT2D eigenvalue weighted by atomic mass is 10.1. The summed E-state index contributed by atoms with van der Waals surface area (Å²) in [5.74, 6) is -1.58. The second-order valence-electron chi connectivity index (χ2n) is 5.03. The molecule has 0 radical (unpaired) electrons. The summed E-state index contributed by atoms with van der Waals surface area (Å²) in [5.41, 5.74) is 5.50. The Morgan fingerprint density at radius 1 is 1.09 bits per heavy atom. The van der Waals surface area contributed by atoms with E-state index in [2.05, 4.69) is 31.8 Å². The molecule has 2 aromatic rings. The summed E-state index contributed by atoms with van der Waals surface area (Å²) >= 11 is 3.34. The molecule has 2 rings (SSSR count). The van der Waals surface area contributed by atoms with E-state index in [1.54, 1.807) is 0 Å². The van der Waals surface area contributed by atoms with E-state index in [0.717, 1.165) is 21.2 Å². The number of nitrogens with zero attached hydrogens (tertiary/aromatic N) is 1. The van der Waals surface area contributed by atoms with Gasteiger partial charge in [0.1, 0.15) is 0 Å². The fraction of sp³-hybridized carbons (Fsp3) is 0.118. The Bertz CT molecular complexity index is 772. The van der Waals surface area contributed by atoms with Crippen LogP contribution in [-0.2, 0) is 9.59 Å². The van der Waals surface area contributed by atoms with E-state index in [4.69, 9.17) is 0 Å². The SMILES string of the molecule is Cc1ccc(C)c(NC(=O)C(=O)N/N=C/c2cccc(Br)c2)c1. The van der Waals surface area contributed by atoms with Gasteiger partial charge in [-0.1, -0.05) is 40.2 Å². The van der Waals surface area contributed by atoms with Crippen molar-refractivity contribution in [2.24, 2.45) is 5.10 Å². The minimum absolute atomic E-state index is 0.612. The van der Waals surface area contributed by atoms with Gasteiger partial charge in [-0.3, -0.25) is 9.59 Å². The number of hydrazone groups is 1. The van der Waals surface area contributed by atoms with Crippen LogP contribution in [0.25, 0.3) is 0 Å². The third-order valence-electron chi connectivity index (χ3n) is 3.08. The summed E-state index contributed by atoms with van der Waals surface area (Å²) in [4.78, 5) is 23.6. The molecule has 0 bridgehead atoms. The molecule has 0 aromatic heterocycles. The maximum atomic E-state index is 11.9. The molecule has 2 aromatic carbocycles. The van der Waals surface area contributed by atoms with Crippen LogP contribution in [0.4, 0.5) is 5.69 Å². The summed E-state index contributed by atoms with van der Waals surface area (Å²) in [6, 6.07) is 13.0. The fourth-order valence-corrected chi connectivity index (χ4v) is 2.27. The Balaban J connectivity index is 1.95. The van der Waals surface area contributed by atoms with Crippen LogP contribution in [-0.4, -0.2) is 18.0 Å².